The van der Waals surface area contributed by atoms with Gasteiger partial charge in [-0.15, -0.1) is 0 Å². The number of para-hydroxylation sites is 2. The molecule has 6 nitrogen and oxygen atoms in total. The summed E-state index contributed by atoms with van der Waals surface area (Å²) in [7, 11) is 0. The molecule has 0 atom stereocenters. The molecule has 0 spiro atoms. The molecule has 1 fully saturated rings. The SMILES string of the molecule is CCC[NH+]1CCC(NC(=O)CN2C(=O)CCOc3ccccc32)CC1. The van der Waals surface area contributed by atoms with Crippen LogP contribution in [-0.2, 0) is 9.59 Å². The molecule has 1 saturated heterocycles. The number of amides is 2. The van der Waals surface area contributed by atoms with Gasteiger partial charge in [0, 0.05) is 18.9 Å². The maximum Gasteiger partial charge on any atom is 0.240 e. The number of nitrogens with zero attached hydrogens (tertiary/aromatic N) is 1. The Hall–Kier alpha value is -2.08. The molecule has 2 amide bonds. The fourth-order valence-electron chi connectivity index (χ4n) is 3.68. The van der Waals surface area contributed by atoms with Crippen molar-refractivity contribution in [3.05, 3.63) is 24.3 Å². The van der Waals surface area contributed by atoms with Gasteiger partial charge in [0.1, 0.15) is 12.3 Å². The average Bonchev–Trinajstić information content (AvgIpc) is 2.76. The van der Waals surface area contributed by atoms with Crippen molar-refractivity contribution in [1.82, 2.24) is 5.32 Å². The minimum atomic E-state index is -0.0889. The van der Waals surface area contributed by atoms with E-state index in [1.54, 1.807) is 9.80 Å². The molecule has 2 N–H and O–H groups in total. The number of anilines is 1. The number of likely N-dealkylation sites (tertiary alicyclic amines) is 1. The average molecular weight is 346 g/mol. The van der Waals surface area contributed by atoms with E-state index in [-0.39, 0.29) is 24.4 Å². The molecule has 25 heavy (non-hydrogen) atoms. The van der Waals surface area contributed by atoms with Crippen LogP contribution in [0.3, 0.4) is 0 Å². The van der Waals surface area contributed by atoms with Crippen LogP contribution in [0.25, 0.3) is 0 Å². The van der Waals surface area contributed by atoms with Crippen molar-refractivity contribution < 1.29 is 19.2 Å². The largest absolute Gasteiger partial charge is 0.491 e. The number of nitrogens with one attached hydrogen (secondary N) is 2. The quantitative estimate of drug-likeness (QED) is 0.810. The number of carbonyl (C=O) groups is 2. The van der Waals surface area contributed by atoms with Gasteiger partial charge >= 0.3 is 0 Å². The topological polar surface area (TPSA) is 63.1 Å². The molecule has 1 aromatic rings. The van der Waals surface area contributed by atoms with Crippen molar-refractivity contribution in [2.24, 2.45) is 0 Å². The summed E-state index contributed by atoms with van der Waals surface area (Å²) in [5.74, 6) is 0.508. The van der Waals surface area contributed by atoms with Crippen LogP contribution >= 0.6 is 0 Å². The number of carbonyl (C=O) groups excluding carboxylic acids is 2. The van der Waals surface area contributed by atoms with Gasteiger partial charge in [-0.1, -0.05) is 19.1 Å². The Balaban J connectivity index is 1.58. The lowest BCUT2D eigenvalue weighted by Gasteiger charge is -2.30. The third-order valence-electron chi connectivity index (χ3n) is 4.99. The maximum atomic E-state index is 12.5. The first-order valence-electron chi connectivity index (χ1n) is 9.32. The molecule has 0 saturated carbocycles. The van der Waals surface area contributed by atoms with Crippen molar-refractivity contribution in [2.45, 2.75) is 38.6 Å². The smallest absolute Gasteiger partial charge is 0.240 e. The first-order chi connectivity index (χ1) is 12.2. The van der Waals surface area contributed by atoms with E-state index in [4.69, 9.17) is 4.74 Å². The number of fused-ring (bicyclic) bond motifs is 1. The standard InChI is InChI=1S/C19H27N3O3/c1-2-10-21-11-7-15(8-12-21)20-18(23)14-22-16-5-3-4-6-17(16)25-13-9-19(22)24/h3-6,15H,2,7-14H2,1H3,(H,20,23)/p+1. The van der Waals surface area contributed by atoms with Gasteiger partial charge in [-0.05, 0) is 18.6 Å². The maximum absolute atomic E-state index is 12.5. The van der Waals surface area contributed by atoms with Crippen molar-refractivity contribution in [2.75, 3.05) is 37.7 Å². The van der Waals surface area contributed by atoms with Crippen LogP contribution in [0, 0.1) is 0 Å². The number of benzene rings is 1. The van der Waals surface area contributed by atoms with Gasteiger partial charge in [0.25, 0.3) is 0 Å². The third-order valence-corrected chi connectivity index (χ3v) is 4.99. The zero-order valence-electron chi connectivity index (χ0n) is 14.9. The lowest BCUT2D eigenvalue weighted by Crippen LogP contribution is -3.13. The molecule has 136 valence electrons. The zero-order valence-corrected chi connectivity index (χ0v) is 14.9. The van der Waals surface area contributed by atoms with Crippen LogP contribution in [-0.4, -0.2) is 50.6 Å². The van der Waals surface area contributed by atoms with Gasteiger partial charge in [-0.2, -0.15) is 0 Å². The lowest BCUT2D eigenvalue weighted by molar-refractivity contribution is -0.905. The Morgan fingerprint density at radius 2 is 2.08 bits per heavy atom. The first-order valence-corrected chi connectivity index (χ1v) is 9.32. The zero-order chi connectivity index (χ0) is 17.6. The summed E-state index contributed by atoms with van der Waals surface area (Å²) in [5, 5.41) is 3.11. The Labute approximate surface area is 149 Å². The van der Waals surface area contributed by atoms with E-state index in [0.29, 0.717) is 24.5 Å². The Bertz CT molecular complexity index is 612. The van der Waals surface area contributed by atoms with Gasteiger partial charge < -0.3 is 15.0 Å². The predicted octanol–water partition coefficient (Wildman–Crippen LogP) is 0.376. The Morgan fingerprint density at radius 3 is 2.84 bits per heavy atom. The fourth-order valence-corrected chi connectivity index (χ4v) is 3.68. The van der Waals surface area contributed by atoms with Gasteiger partial charge in [-0.25, -0.2) is 0 Å². The molecule has 2 heterocycles. The monoisotopic (exact) mass is 346 g/mol. The van der Waals surface area contributed by atoms with E-state index in [2.05, 4.69) is 12.2 Å². The highest BCUT2D eigenvalue weighted by molar-refractivity contribution is 6.00. The summed E-state index contributed by atoms with van der Waals surface area (Å²) in [6, 6.07) is 7.63. The summed E-state index contributed by atoms with van der Waals surface area (Å²) >= 11 is 0. The van der Waals surface area contributed by atoms with Gasteiger partial charge in [0.05, 0.1) is 38.3 Å². The first kappa shape index (κ1) is 17.7. The van der Waals surface area contributed by atoms with Gasteiger partial charge in [-0.3, -0.25) is 14.5 Å². The van der Waals surface area contributed by atoms with Crippen LogP contribution in [0.5, 0.6) is 5.75 Å². The summed E-state index contributed by atoms with van der Waals surface area (Å²) in [4.78, 5) is 28.1. The van der Waals surface area contributed by atoms with E-state index in [9.17, 15) is 9.59 Å². The van der Waals surface area contributed by atoms with Gasteiger partial charge in [0.15, 0.2) is 0 Å². The number of hydrogen-bond acceptors (Lipinski definition) is 3. The van der Waals surface area contributed by atoms with Crippen molar-refractivity contribution in [1.29, 1.82) is 0 Å². The van der Waals surface area contributed by atoms with Crippen LogP contribution in [0.1, 0.15) is 32.6 Å². The van der Waals surface area contributed by atoms with E-state index in [1.807, 2.05) is 24.3 Å². The molecule has 3 rings (SSSR count). The second-order valence-electron chi connectivity index (χ2n) is 6.89. The molecule has 0 aromatic heterocycles. The second kappa shape index (κ2) is 8.34. The fraction of sp³-hybridized carbons (Fsp3) is 0.579. The van der Waals surface area contributed by atoms with E-state index in [0.717, 1.165) is 25.9 Å². The van der Waals surface area contributed by atoms with Crippen molar-refractivity contribution in [3.8, 4) is 5.75 Å². The molecule has 0 bridgehead atoms. The minimum absolute atomic E-state index is 0.0568. The normalized spacial score (nSPS) is 23.4. The molecule has 0 aliphatic carbocycles. The highest BCUT2D eigenvalue weighted by atomic mass is 16.5. The Morgan fingerprint density at radius 1 is 1.32 bits per heavy atom. The molecule has 0 unspecified atom stereocenters. The van der Waals surface area contributed by atoms with E-state index in [1.165, 1.54) is 13.0 Å². The molecule has 6 heteroatoms. The summed E-state index contributed by atoms with van der Waals surface area (Å²) < 4.78 is 5.62. The number of quaternary nitrogens is 1. The molecule has 1 aromatic carbocycles. The molecular weight excluding hydrogens is 318 g/mol. The predicted molar refractivity (Wildman–Crippen MR) is 95.9 cm³/mol. The summed E-state index contributed by atoms with van der Waals surface area (Å²) in [5.41, 5.74) is 0.683. The molecular formula is C19H28N3O3+. The highest BCUT2D eigenvalue weighted by Crippen LogP contribution is 2.30. The van der Waals surface area contributed by atoms with Gasteiger partial charge in [0.2, 0.25) is 11.8 Å². The number of piperidine rings is 1. The molecule has 0 radical (unpaired) electrons. The third kappa shape index (κ3) is 4.51. The van der Waals surface area contributed by atoms with Crippen LogP contribution < -0.4 is 19.9 Å². The summed E-state index contributed by atoms with van der Waals surface area (Å²) in [6.45, 7) is 6.05. The number of rotatable bonds is 5. The highest BCUT2D eigenvalue weighted by Gasteiger charge is 2.27. The summed E-state index contributed by atoms with van der Waals surface area (Å²) in [6.07, 6.45) is 3.51. The van der Waals surface area contributed by atoms with Crippen molar-refractivity contribution >= 4 is 17.5 Å². The molecule has 2 aliphatic rings. The van der Waals surface area contributed by atoms with E-state index < -0.39 is 0 Å². The molecule has 2 aliphatic heterocycles. The van der Waals surface area contributed by atoms with Crippen molar-refractivity contribution in [3.63, 3.8) is 0 Å². The van der Waals surface area contributed by atoms with Crippen LogP contribution in [0.4, 0.5) is 5.69 Å². The number of ether oxygens (including phenoxy) is 1. The Kier molecular flexibility index (Phi) is 5.91. The number of hydrogen-bond donors (Lipinski definition) is 2. The van der Waals surface area contributed by atoms with Crippen LogP contribution in [0.2, 0.25) is 0 Å². The van der Waals surface area contributed by atoms with E-state index >= 15 is 0 Å². The second-order valence-corrected chi connectivity index (χ2v) is 6.89. The lowest BCUT2D eigenvalue weighted by atomic mass is 10.0. The minimum Gasteiger partial charge on any atom is -0.491 e. The van der Waals surface area contributed by atoms with Crippen LogP contribution in [0.15, 0.2) is 24.3 Å².